The van der Waals surface area contributed by atoms with Crippen LogP contribution in [0.4, 0.5) is 0 Å². The Balaban J connectivity index is 1.98. The van der Waals surface area contributed by atoms with E-state index in [1.165, 1.54) is 4.68 Å². The van der Waals surface area contributed by atoms with Gasteiger partial charge in [-0.1, -0.05) is 0 Å². The monoisotopic (exact) mass is 245 g/mol. The third-order valence-corrected chi connectivity index (χ3v) is 3.41. The largest absolute Gasteiger partial charge is 0.465 e. The standard InChI is InChI=1S/C12H11N3O3/c1-2-18-9(16)5-15-11-10(8(4-13)14-15)6-3-7(6)12(11)17/h6-7H,2-3,5H2,1H3/t6-,7+/m0/s1. The van der Waals surface area contributed by atoms with Gasteiger partial charge in [-0.25, -0.2) is 4.68 Å². The predicted octanol–water partition coefficient (Wildman–Crippen LogP) is 0.618. The van der Waals surface area contributed by atoms with E-state index in [1.54, 1.807) is 6.92 Å². The van der Waals surface area contributed by atoms with Crippen molar-refractivity contribution in [3.8, 4) is 6.07 Å². The zero-order valence-corrected chi connectivity index (χ0v) is 9.84. The fraction of sp³-hybridized carbons (Fsp3) is 0.500. The molecule has 0 aliphatic heterocycles. The fourth-order valence-electron chi connectivity index (χ4n) is 2.59. The van der Waals surface area contributed by atoms with Crippen molar-refractivity contribution >= 4 is 11.8 Å². The summed E-state index contributed by atoms with van der Waals surface area (Å²) in [6.45, 7) is 1.89. The second kappa shape index (κ2) is 3.67. The van der Waals surface area contributed by atoms with Crippen molar-refractivity contribution in [1.29, 1.82) is 5.26 Å². The van der Waals surface area contributed by atoms with Gasteiger partial charge < -0.3 is 4.74 Å². The molecule has 0 spiro atoms. The molecule has 18 heavy (non-hydrogen) atoms. The number of carbonyl (C=O) groups is 2. The normalized spacial score (nSPS) is 23.2. The van der Waals surface area contributed by atoms with Gasteiger partial charge in [0.2, 0.25) is 0 Å². The van der Waals surface area contributed by atoms with Gasteiger partial charge in [-0.05, 0) is 19.3 Å². The van der Waals surface area contributed by atoms with Crippen LogP contribution in [-0.4, -0.2) is 28.1 Å². The average Bonchev–Trinajstić information content (AvgIpc) is 2.97. The van der Waals surface area contributed by atoms with E-state index in [0.29, 0.717) is 5.69 Å². The number of fused-ring (bicyclic) bond motifs is 3. The minimum absolute atomic E-state index is 0.00768. The van der Waals surface area contributed by atoms with Crippen LogP contribution in [0.3, 0.4) is 0 Å². The van der Waals surface area contributed by atoms with Crippen molar-refractivity contribution in [2.75, 3.05) is 6.61 Å². The van der Waals surface area contributed by atoms with Gasteiger partial charge in [0, 0.05) is 11.5 Å². The number of hydrogen-bond acceptors (Lipinski definition) is 5. The molecule has 1 fully saturated rings. The van der Waals surface area contributed by atoms with Crippen LogP contribution in [0.15, 0.2) is 0 Å². The third-order valence-electron chi connectivity index (χ3n) is 3.41. The smallest absolute Gasteiger partial charge is 0.327 e. The number of aromatic nitrogens is 2. The molecule has 1 heterocycles. The van der Waals surface area contributed by atoms with Crippen molar-refractivity contribution in [1.82, 2.24) is 9.78 Å². The molecule has 1 aromatic heterocycles. The first kappa shape index (κ1) is 11.0. The van der Waals surface area contributed by atoms with E-state index < -0.39 is 5.97 Å². The molecule has 0 unspecified atom stereocenters. The summed E-state index contributed by atoms with van der Waals surface area (Å²) in [6, 6.07) is 1.99. The van der Waals surface area contributed by atoms with Crippen LogP contribution in [0.1, 0.15) is 41.0 Å². The number of ketones is 1. The lowest BCUT2D eigenvalue weighted by atomic mass is 10.1. The van der Waals surface area contributed by atoms with Crippen LogP contribution in [-0.2, 0) is 16.1 Å². The molecule has 0 amide bonds. The SMILES string of the molecule is CCOC(=O)Cn1nc(C#N)c2c1C(=O)[C@@H]1C[C@H]21. The molecule has 2 aliphatic rings. The number of hydrogen-bond donors (Lipinski definition) is 0. The molecule has 1 aromatic rings. The fourth-order valence-corrected chi connectivity index (χ4v) is 2.59. The molecule has 0 N–H and O–H groups in total. The summed E-state index contributed by atoms with van der Waals surface area (Å²) in [4.78, 5) is 23.4. The van der Waals surface area contributed by atoms with Crippen molar-refractivity contribution < 1.29 is 14.3 Å². The van der Waals surface area contributed by atoms with Gasteiger partial charge in [0.25, 0.3) is 0 Å². The first-order valence-electron chi connectivity index (χ1n) is 5.88. The molecule has 6 heteroatoms. The van der Waals surface area contributed by atoms with Gasteiger partial charge in [0.1, 0.15) is 18.3 Å². The van der Waals surface area contributed by atoms with Gasteiger partial charge >= 0.3 is 5.97 Å². The maximum atomic E-state index is 12.0. The lowest BCUT2D eigenvalue weighted by Crippen LogP contribution is -2.18. The minimum atomic E-state index is -0.444. The van der Waals surface area contributed by atoms with Gasteiger partial charge in [-0.2, -0.15) is 10.4 Å². The second-order valence-electron chi connectivity index (χ2n) is 4.50. The third kappa shape index (κ3) is 1.37. The van der Waals surface area contributed by atoms with Crippen molar-refractivity contribution in [3.05, 3.63) is 17.0 Å². The number of nitrogens with zero attached hydrogens (tertiary/aromatic N) is 3. The summed E-state index contributed by atoms with van der Waals surface area (Å²) in [7, 11) is 0. The molecule has 0 saturated heterocycles. The van der Waals surface area contributed by atoms with Crippen LogP contribution in [0, 0.1) is 17.2 Å². The van der Waals surface area contributed by atoms with Gasteiger partial charge in [-0.3, -0.25) is 9.59 Å². The number of carbonyl (C=O) groups excluding carboxylic acids is 2. The van der Waals surface area contributed by atoms with Crippen LogP contribution in [0.2, 0.25) is 0 Å². The highest BCUT2D eigenvalue weighted by Gasteiger charge is 2.55. The van der Waals surface area contributed by atoms with Crippen LogP contribution in [0.25, 0.3) is 0 Å². The number of Topliss-reactive ketones (excluding diaryl/α,β-unsaturated/α-hetero) is 1. The van der Waals surface area contributed by atoms with E-state index in [9.17, 15) is 9.59 Å². The Kier molecular flexibility index (Phi) is 2.23. The van der Waals surface area contributed by atoms with Crippen LogP contribution in [0.5, 0.6) is 0 Å². The maximum Gasteiger partial charge on any atom is 0.327 e. The quantitative estimate of drug-likeness (QED) is 0.728. The number of rotatable bonds is 3. The Labute approximate surface area is 103 Å². The lowest BCUT2D eigenvalue weighted by Gasteiger charge is -2.04. The van der Waals surface area contributed by atoms with Gasteiger partial charge in [0.05, 0.1) is 6.61 Å². The average molecular weight is 245 g/mol. The molecule has 6 nitrogen and oxygen atoms in total. The molecule has 1 saturated carbocycles. The Morgan fingerprint density at radius 3 is 3.06 bits per heavy atom. The Morgan fingerprint density at radius 1 is 1.61 bits per heavy atom. The molecule has 0 aromatic carbocycles. The molecule has 2 aliphatic carbocycles. The highest BCUT2D eigenvalue weighted by Crippen LogP contribution is 2.56. The van der Waals surface area contributed by atoms with Gasteiger partial charge in [0.15, 0.2) is 11.5 Å². The summed E-state index contributed by atoms with van der Waals surface area (Å²) in [5.74, 6) is -0.273. The van der Waals surface area contributed by atoms with E-state index >= 15 is 0 Å². The lowest BCUT2D eigenvalue weighted by molar-refractivity contribution is -0.144. The first-order chi connectivity index (χ1) is 8.67. The summed E-state index contributed by atoms with van der Waals surface area (Å²) in [5, 5.41) is 13.1. The maximum absolute atomic E-state index is 12.0. The molecular weight excluding hydrogens is 234 g/mol. The second-order valence-corrected chi connectivity index (χ2v) is 4.50. The number of ether oxygens (including phenoxy) is 1. The summed E-state index contributed by atoms with van der Waals surface area (Å²) in [5.41, 5.74) is 1.44. The predicted molar refractivity (Wildman–Crippen MR) is 58.8 cm³/mol. The zero-order valence-electron chi connectivity index (χ0n) is 9.84. The summed E-state index contributed by atoms with van der Waals surface area (Å²) in [6.07, 6.45) is 0.811. The Hall–Kier alpha value is -2.16. The van der Waals surface area contributed by atoms with E-state index in [0.717, 1.165) is 12.0 Å². The van der Waals surface area contributed by atoms with E-state index in [4.69, 9.17) is 10.00 Å². The molecule has 3 rings (SSSR count). The number of nitriles is 1. The summed E-state index contributed by atoms with van der Waals surface area (Å²) < 4.78 is 6.15. The first-order valence-corrected chi connectivity index (χ1v) is 5.88. The van der Waals surface area contributed by atoms with Crippen LogP contribution < -0.4 is 0 Å². The highest BCUT2D eigenvalue weighted by atomic mass is 16.5. The molecule has 2 atom stereocenters. The molecule has 0 bridgehead atoms. The highest BCUT2D eigenvalue weighted by molar-refractivity contribution is 6.05. The van der Waals surface area contributed by atoms with Crippen LogP contribution >= 0.6 is 0 Å². The number of esters is 1. The Morgan fingerprint density at radius 2 is 2.39 bits per heavy atom. The van der Waals surface area contributed by atoms with Crippen molar-refractivity contribution in [2.45, 2.75) is 25.8 Å². The molecule has 0 radical (unpaired) electrons. The summed E-state index contributed by atoms with van der Waals surface area (Å²) >= 11 is 0. The zero-order chi connectivity index (χ0) is 12.9. The molecule has 92 valence electrons. The minimum Gasteiger partial charge on any atom is -0.465 e. The topological polar surface area (TPSA) is 85.0 Å². The van der Waals surface area contributed by atoms with Crippen molar-refractivity contribution in [3.63, 3.8) is 0 Å². The molecular formula is C12H11N3O3. The Bertz CT molecular complexity index is 596. The van der Waals surface area contributed by atoms with Crippen molar-refractivity contribution in [2.24, 2.45) is 5.92 Å². The van der Waals surface area contributed by atoms with E-state index in [-0.39, 0.29) is 36.5 Å². The van der Waals surface area contributed by atoms with E-state index in [1.807, 2.05) is 6.07 Å². The van der Waals surface area contributed by atoms with E-state index in [2.05, 4.69) is 5.10 Å². The van der Waals surface area contributed by atoms with Gasteiger partial charge in [-0.15, -0.1) is 0 Å².